The van der Waals surface area contributed by atoms with E-state index < -0.39 is 6.04 Å². The van der Waals surface area contributed by atoms with Gasteiger partial charge in [0.25, 0.3) is 0 Å². The molecule has 0 aliphatic rings. The number of hydrogen-bond donors (Lipinski definition) is 0. The summed E-state index contributed by atoms with van der Waals surface area (Å²) in [5, 5.41) is 2.15. The maximum Gasteiger partial charge on any atom is 0.136 e. The van der Waals surface area contributed by atoms with Crippen LogP contribution in [-0.2, 0) is 0 Å². The lowest BCUT2D eigenvalue weighted by molar-refractivity contribution is 0.669. The van der Waals surface area contributed by atoms with Gasteiger partial charge < -0.3 is 9.32 Å². The summed E-state index contributed by atoms with van der Waals surface area (Å²) in [5.74, 6) is 0. The van der Waals surface area contributed by atoms with Crippen molar-refractivity contribution in [1.82, 2.24) is 0 Å². The molecule has 264 valence electrons. The fraction of sp³-hybridized carbons (Fsp3) is 0. The van der Waals surface area contributed by atoms with Gasteiger partial charge in [-0.25, -0.2) is 0 Å². The van der Waals surface area contributed by atoms with E-state index in [0.717, 1.165) is 77.9 Å². The third-order valence-electron chi connectivity index (χ3n) is 10.4. The van der Waals surface area contributed by atoms with E-state index >= 15 is 0 Å². The smallest absolute Gasteiger partial charge is 0.136 e. The Kier molecular flexibility index (Phi) is 7.24. The van der Waals surface area contributed by atoms with Gasteiger partial charge in [-0.05, 0) is 110 Å². The van der Waals surface area contributed by atoms with Crippen molar-refractivity contribution in [3.05, 3.63) is 224 Å². The van der Waals surface area contributed by atoms with E-state index in [0.29, 0.717) is 5.56 Å². The molecule has 0 amide bonds. The molecule has 1 heterocycles. The van der Waals surface area contributed by atoms with Crippen LogP contribution in [0.15, 0.2) is 229 Å². The third-order valence-corrected chi connectivity index (χ3v) is 10.4. The average molecular weight is 721 g/mol. The Balaban J connectivity index is 1.06. The van der Waals surface area contributed by atoms with Crippen molar-refractivity contribution in [1.29, 1.82) is 0 Å². The summed E-state index contributed by atoms with van der Waals surface area (Å²) >= 11 is 0. The summed E-state index contributed by atoms with van der Waals surface area (Å²) in [7, 11) is 0. The molecule has 0 radical (unpaired) electrons. The van der Waals surface area contributed by atoms with Gasteiger partial charge in [0, 0.05) is 27.8 Å². The lowest BCUT2D eigenvalue weighted by Crippen LogP contribution is -2.09. The van der Waals surface area contributed by atoms with Crippen LogP contribution in [0.4, 0.5) is 17.1 Å². The number of hydrogen-bond acceptors (Lipinski definition) is 2. The van der Waals surface area contributed by atoms with Gasteiger partial charge in [-0.15, -0.1) is 0 Å². The minimum absolute atomic E-state index is 0.173. The molecule has 0 spiro atoms. The van der Waals surface area contributed by atoms with E-state index in [2.05, 4.69) is 132 Å². The van der Waals surface area contributed by atoms with Crippen LogP contribution in [0.1, 0.15) is 6.85 Å². The third kappa shape index (κ3) is 6.24. The molecule has 9 aromatic carbocycles. The van der Waals surface area contributed by atoms with E-state index in [1.807, 2.05) is 66.7 Å². The molecular formula is C54H37NO. The number of fused-ring (bicyclic) bond motifs is 3. The zero-order chi connectivity index (χ0) is 41.6. The predicted molar refractivity (Wildman–Crippen MR) is 236 cm³/mol. The highest BCUT2D eigenvalue weighted by molar-refractivity contribution is 6.12. The first-order valence-corrected chi connectivity index (χ1v) is 18.7. The molecule has 0 fully saturated rings. The molecule has 0 aliphatic carbocycles. The molecule has 2 nitrogen and oxygen atoms in total. The Bertz CT molecular complexity index is 3190. The Labute approximate surface area is 334 Å². The second kappa shape index (κ2) is 14.4. The maximum atomic E-state index is 8.58. The molecule has 0 saturated heterocycles. The average Bonchev–Trinajstić information content (AvgIpc) is 3.71. The van der Waals surface area contributed by atoms with Crippen LogP contribution in [0.25, 0.3) is 77.6 Å². The quantitative estimate of drug-likeness (QED) is 0.155. The second-order valence-corrected chi connectivity index (χ2v) is 13.7. The van der Waals surface area contributed by atoms with Crippen molar-refractivity contribution in [2.75, 3.05) is 4.90 Å². The van der Waals surface area contributed by atoms with Gasteiger partial charge in [-0.1, -0.05) is 170 Å². The van der Waals surface area contributed by atoms with Gasteiger partial charge in [0.05, 0.1) is 6.85 Å². The number of nitrogens with zero attached hydrogens (tertiary/aromatic N) is 1. The van der Waals surface area contributed by atoms with Gasteiger partial charge in [0.15, 0.2) is 0 Å². The van der Waals surface area contributed by atoms with Crippen LogP contribution in [-0.4, -0.2) is 0 Å². The number of furan rings is 1. The Morgan fingerprint density at radius 2 is 0.839 bits per heavy atom. The second-order valence-electron chi connectivity index (χ2n) is 13.7. The minimum atomic E-state index is -0.408. The summed E-state index contributed by atoms with van der Waals surface area (Å²) in [6, 6.07) is 64.9. The summed E-state index contributed by atoms with van der Waals surface area (Å²) in [5.41, 5.74) is 14.1. The van der Waals surface area contributed by atoms with Crippen LogP contribution in [0, 0.1) is 0 Å². The number of rotatable bonds is 8. The van der Waals surface area contributed by atoms with Gasteiger partial charge in [-0.3, -0.25) is 0 Å². The summed E-state index contributed by atoms with van der Waals surface area (Å²) in [4.78, 5) is 2.17. The SMILES string of the molecule is [2H]c1c([2H])c([2H])c(-c2ccc(N(c3ccc(-c4ccc(-c5ccccc5)c(-c5ccccc5)c4)cc3)c3ccc(-c4cccc5oc6ccccc6c45)cc3)cc2)c([2H])c1[2H]. The van der Waals surface area contributed by atoms with Crippen molar-refractivity contribution in [2.45, 2.75) is 0 Å². The monoisotopic (exact) mass is 720 g/mol. The molecule has 0 aliphatic heterocycles. The van der Waals surface area contributed by atoms with E-state index in [1.54, 1.807) is 0 Å². The minimum Gasteiger partial charge on any atom is -0.456 e. The van der Waals surface area contributed by atoms with Crippen molar-refractivity contribution in [2.24, 2.45) is 0 Å². The predicted octanol–water partition coefficient (Wildman–Crippen LogP) is 15.4. The fourth-order valence-electron chi connectivity index (χ4n) is 7.68. The first-order chi connectivity index (χ1) is 29.8. The van der Waals surface area contributed by atoms with E-state index in [9.17, 15) is 0 Å². The fourth-order valence-corrected chi connectivity index (χ4v) is 7.68. The van der Waals surface area contributed by atoms with Crippen LogP contribution in [0.3, 0.4) is 0 Å². The molecule has 10 aromatic rings. The van der Waals surface area contributed by atoms with Crippen molar-refractivity contribution >= 4 is 39.0 Å². The lowest BCUT2D eigenvalue weighted by Gasteiger charge is -2.26. The molecule has 0 N–H and O–H groups in total. The lowest BCUT2D eigenvalue weighted by atomic mass is 9.91. The highest BCUT2D eigenvalue weighted by Crippen LogP contribution is 2.41. The summed E-state index contributed by atoms with van der Waals surface area (Å²) in [6.45, 7) is 0. The largest absolute Gasteiger partial charge is 0.456 e. The Morgan fingerprint density at radius 1 is 0.339 bits per heavy atom. The Hall–Kier alpha value is -7.42. The van der Waals surface area contributed by atoms with Crippen LogP contribution in [0.5, 0.6) is 0 Å². The van der Waals surface area contributed by atoms with Gasteiger partial charge >= 0.3 is 0 Å². The highest BCUT2D eigenvalue weighted by Gasteiger charge is 2.17. The van der Waals surface area contributed by atoms with E-state index in [-0.39, 0.29) is 29.7 Å². The van der Waals surface area contributed by atoms with Gasteiger partial charge in [0.2, 0.25) is 0 Å². The maximum absolute atomic E-state index is 8.58. The number of para-hydroxylation sites is 1. The van der Waals surface area contributed by atoms with Gasteiger partial charge in [0.1, 0.15) is 11.2 Å². The molecule has 0 unspecified atom stereocenters. The number of anilines is 3. The normalized spacial score (nSPS) is 12.5. The number of benzene rings is 9. The summed E-state index contributed by atoms with van der Waals surface area (Å²) in [6.07, 6.45) is 0. The first kappa shape index (κ1) is 28.1. The van der Waals surface area contributed by atoms with Crippen LogP contribution < -0.4 is 4.90 Å². The first-order valence-electron chi connectivity index (χ1n) is 21.2. The van der Waals surface area contributed by atoms with Crippen molar-refractivity contribution < 1.29 is 11.3 Å². The van der Waals surface area contributed by atoms with E-state index in [4.69, 9.17) is 11.3 Å². The molecule has 1 aromatic heterocycles. The molecule has 0 atom stereocenters. The van der Waals surface area contributed by atoms with Gasteiger partial charge in [-0.2, -0.15) is 0 Å². The topological polar surface area (TPSA) is 16.4 Å². The summed E-state index contributed by atoms with van der Waals surface area (Å²) < 4.78 is 47.9. The molecule has 10 rings (SSSR count). The highest BCUT2D eigenvalue weighted by atomic mass is 16.3. The van der Waals surface area contributed by atoms with Crippen LogP contribution in [0.2, 0.25) is 0 Å². The zero-order valence-electron chi connectivity index (χ0n) is 35.3. The molecule has 0 saturated carbocycles. The molecule has 56 heavy (non-hydrogen) atoms. The zero-order valence-corrected chi connectivity index (χ0v) is 30.3. The molecule has 0 bridgehead atoms. The molecular weight excluding hydrogens is 679 g/mol. The van der Waals surface area contributed by atoms with Crippen molar-refractivity contribution in [3.8, 4) is 55.6 Å². The van der Waals surface area contributed by atoms with Crippen molar-refractivity contribution in [3.63, 3.8) is 0 Å². The van der Waals surface area contributed by atoms with E-state index in [1.165, 1.54) is 5.56 Å². The Morgan fingerprint density at radius 3 is 1.48 bits per heavy atom. The molecule has 2 heteroatoms. The standard InChI is InChI=1S/C54H37NO/c1-4-13-38(14-5-1)39-23-30-45(31-24-39)55(47-34-27-43(28-35-47)49-20-12-22-53-54(49)50-19-10-11-21-52(50)56-53)46-32-25-40(26-33-46)44-29-36-48(41-15-6-2-7-16-41)51(37-44)42-17-8-3-9-18-42/h1-37H/i1D,4D,5D,13D,14D. The van der Waals surface area contributed by atoms with Crippen LogP contribution >= 0.6 is 0 Å².